The minimum absolute atomic E-state index is 0.138. The Morgan fingerprint density at radius 3 is 2.41 bits per heavy atom. The molecule has 1 amide bonds. The molecule has 0 radical (unpaired) electrons. The normalized spacial score (nSPS) is 11.1. The Hall–Kier alpha value is -2.83. The van der Waals surface area contributed by atoms with Crippen molar-refractivity contribution < 1.29 is 13.2 Å². The first kappa shape index (κ1) is 20.9. The molecule has 1 N–H and O–H groups in total. The van der Waals surface area contributed by atoms with Gasteiger partial charge in [-0.3, -0.25) is 9.52 Å². The van der Waals surface area contributed by atoms with Crippen molar-refractivity contribution in [1.29, 1.82) is 0 Å². The highest BCUT2D eigenvalue weighted by molar-refractivity contribution is 7.92. The van der Waals surface area contributed by atoms with Crippen LogP contribution in [0.4, 0.5) is 5.69 Å². The third kappa shape index (κ3) is 5.16. The molecular weight excluding hydrogens is 408 g/mol. The number of nitrogens with zero attached hydrogens (tertiary/aromatic N) is 1. The number of rotatable bonds is 6. The lowest BCUT2D eigenvalue weighted by molar-refractivity contribution is 0.0785. The highest BCUT2D eigenvalue weighted by atomic mass is 35.5. The molecule has 0 aromatic heterocycles. The van der Waals surface area contributed by atoms with Crippen molar-refractivity contribution in [3.63, 3.8) is 0 Å². The molecule has 0 atom stereocenters. The predicted molar refractivity (Wildman–Crippen MR) is 116 cm³/mol. The average molecular weight is 429 g/mol. The third-order valence-corrected chi connectivity index (χ3v) is 6.08. The Morgan fingerprint density at radius 2 is 1.72 bits per heavy atom. The van der Waals surface area contributed by atoms with E-state index in [1.54, 1.807) is 30.1 Å². The van der Waals surface area contributed by atoms with Gasteiger partial charge in [-0.15, -0.1) is 0 Å². The van der Waals surface area contributed by atoms with Crippen molar-refractivity contribution in [2.75, 3.05) is 11.8 Å². The first-order valence-electron chi connectivity index (χ1n) is 8.95. The lowest BCUT2D eigenvalue weighted by atomic mass is 10.1. The molecule has 29 heavy (non-hydrogen) atoms. The van der Waals surface area contributed by atoms with Crippen LogP contribution in [-0.4, -0.2) is 26.3 Å². The summed E-state index contributed by atoms with van der Waals surface area (Å²) in [5.41, 5.74) is 2.61. The van der Waals surface area contributed by atoms with Gasteiger partial charge in [0.1, 0.15) is 0 Å². The monoisotopic (exact) mass is 428 g/mol. The molecular formula is C22H21ClN2O3S. The number of hydrogen-bond donors (Lipinski definition) is 1. The quantitative estimate of drug-likeness (QED) is 0.617. The van der Waals surface area contributed by atoms with Gasteiger partial charge < -0.3 is 4.90 Å². The van der Waals surface area contributed by atoms with E-state index in [0.29, 0.717) is 6.54 Å². The van der Waals surface area contributed by atoms with E-state index in [1.807, 2.05) is 31.2 Å². The molecule has 0 aliphatic carbocycles. The molecule has 0 unspecified atom stereocenters. The lowest BCUT2D eigenvalue weighted by Gasteiger charge is -2.19. The summed E-state index contributed by atoms with van der Waals surface area (Å²) >= 11 is 6.23. The molecule has 0 bridgehead atoms. The van der Waals surface area contributed by atoms with Gasteiger partial charge in [-0.1, -0.05) is 59.6 Å². The van der Waals surface area contributed by atoms with Crippen molar-refractivity contribution in [3.05, 3.63) is 94.5 Å². The summed E-state index contributed by atoms with van der Waals surface area (Å²) < 4.78 is 27.6. The van der Waals surface area contributed by atoms with Crippen LogP contribution in [0, 0.1) is 6.92 Å². The van der Waals surface area contributed by atoms with Crippen LogP contribution in [0.15, 0.2) is 77.7 Å². The lowest BCUT2D eigenvalue weighted by Crippen LogP contribution is -2.26. The maximum Gasteiger partial charge on any atom is 0.261 e. The maximum absolute atomic E-state index is 12.9. The van der Waals surface area contributed by atoms with Gasteiger partial charge in [0.2, 0.25) is 0 Å². The molecule has 3 aromatic carbocycles. The fourth-order valence-corrected chi connectivity index (χ4v) is 4.20. The average Bonchev–Trinajstić information content (AvgIpc) is 2.69. The van der Waals surface area contributed by atoms with Crippen LogP contribution in [-0.2, 0) is 16.6 Å². The fourth-order valence-electron chi connectivity index (χ4n) is 2.93. The summed E-state index contributed by atoms with van der Waals surface area (Å²) in [6.07, 6.45) is 0. The second-order valence-electron chi connectivity index (χ2n) is 6.76. The SMILES string of the molecule is Cc1cccc(CN(C)C(=O)c2cc(NS(=O)(=O)c3ccccc3)ccc2Cl)c1. The van der Waals surface area contributed by atoms with E-state index in [-0.39, 0.29) is 27.1 Å². The second kappa shape index (κ2) is 8.68. The van der Waals surface area contributed by atoms with Crippen LogP contribution in [0.1, 0.15) is 21.5 Å². The molecule has 3 rings (SSSR count). The molecule has 150 valence electrons. The summed E-state index contributed by atoms with van der Waals surface area (Å²) in [5, 5.41) is 0.258. The van der Waals surface area contributed by atoms with E-state index < -0.39 is 10.0 Å². The van der Waals surface area contributed by atoms with Gasteiger partial charge in [-0.2, -0.15) is 0 Å². The van der Waals surface area contributed by atoms with Gasteiger partial charge in [0.15, 0.2) is 0 Å². The molecule has 0 aliphatic heterocycles. The summed E-state index contributed by atoms with van der Waals surface area (Å²) in [5.74, 6) is -0.294. The summed E-state index contributed by atoms with van der Waals surface area (Å²) in [6, 6.07) is 20.4. The van der Waals surface area contributed by atoms with Crippen molar-refractivity contribution in [1.82, 2.24) is 4.90 Å². The Bertz CT molecular complexity index is 1130. The molecule has 0 saturated carbocycles. The van der Waals surface area contributed by atoms with Gasteiger partial charge >= 0.3 is 0 Å². The number of amides is 1. The number of nitrogens with one attached hydrogen (secondary N) is 1. The van der Waals surface area contributed by atoms with Gasteiger partial charge in [0.05, 0.1) is 15.5 Å². The first-order valence-corrected chi connectivity index (χ1v) is 10.8. The van der Waals surface area contributed by atoms with E-state index in [1.165, 1.54) is 30.3 Å². The predicted octanol–water partition coefficient (Wildman–Crippen LogP) is 4.72. The van der Waals surface area contributed by atoms with E-state index >= 15 is 0 Å². The number of aryl methyl sites for hydroxylation is 1. The van der Waals surface area contributed by atoms with Crippen LogP contribution in [0.2, 0.25) is 5.02 Å². The molecule has 0 heterocycles. The van der Waals surface area contributed by atoms with Crippen LogP contribution < -0.4 is 4.72 Å². The van der Waals surface area contributed by atoms with Gasteiger partial charge in [0, 0.05) is 19.3 Å². The molecule has 3 aromatic rings. The van der Waals surface area contributed by atoms with E-state index in [0.717, 1.165) is 11.1 Å². The molecule has 0 aliphatic rings. The van der Waals surface area contributed by atoms with E-state index in [4.69, 9.17) is 11.6 Å². The zero-order valence-corrected chi connectivity index (χ0v) is 17.7. The highest BCUT2D eigenvalue weighted by Crippen LogP contribution is 2.24. The summed E-state index contributed by atoms with van der Waals surface area (Å²) in [7, 11) is -2.08. The van der Waals surface area contributed by atoms with Crippen LogP contribution >= 0.6 is 11.6 Å². The third-order valence-electron chi connectivity index (χ3n) is 4.35. The molecule has 7 heteroatoms. The number of anilines is 1. The zero-order chi connectivity index (χ0) is 21.0. The Balaban J connectivity index is 1.82. The first-order chi connectivity index (χ1) is 13.8. The van der Waals surface area contributed by atoms with Crippen molar-refractivity contribution in [2.45, 2.75) is 18.4 Å². The fraction of sp³-hybridized carbons (Fsp3) is 0.136. The Labute approximate surface area is 176 Å². The number of sulfonamides is 1. The molecule has 0 fully saturated rings. The zero-order valence-electron chi connectivity index (χ0n) is 16.1. The van der Waals surface area contributed by atoms with Crippen LogP contribution in [0.3, 0.4) is 0 Å². The Morgan fingerprint density at radius 1 is 1.00 bits per heavy atom. The number of benzene rings is 3. The number of hydrogen-bond acceptors (Lipinski definition) is 3. The molecule has 0 spiro atoms. The molecule has 0 saturated heterocycles. The molecule has 5 nitrogen and oxygen atoms in total. The van der Waals surface area contributed by atoms with Crippen LogP contribution in [0.25, 0.3) is 0 Å². The van der Waals surface area contributed by atoms with Crippen molar-refractivity contribution in [3.8, 4) is 0 Å². The largest absolute Gasteiger partial charge is 0.337 e. The van der Waals surface area contributed by atoms with Crippen molar-refractivity contribution in [2.24, 2.45) is 0 Å². The second-order valence-corrected chi connectivity index (χ2v) is 8.85. The van der Waals surface area contributed by atoms with Gasteiger partial charge in [0.25, 0.3) is 15.9 Å². The van der Waals surface area contributed by atoms with Gasteiger partial charge in [-0.25, -0.2) is 8.42 Å². The van der Waals surface area contributed by atoms with E-state index in [2.05, 4.69) is 4.72 Å². The minimum atomic E-state index is -3.76. The van der Waals surface area contributed by atoms with E-state index in [9.17, 15) is 13.2 Å². The maximum atomic E-state index is 12.9. The topological polar surface area (TPSA) is 66.5 Å². The number of carbonyl (C=O) groups excluding carboxylic acids is 1. The smallest absolute Gasteiger partial charge is 0.261 e. The number of carbonyl (C=O) groups is 1. The van der Waals surface area contributed by atoms with Crippen LogP contribution in [0.5, 0.6) is 0 Å². The summed E-state index contributed by atoms with van der Waals surface area (Å²) in [4.78, 5) is 14.6. The standard InChI is InChI=1S/C22H21ClN2O3S/c1-16-7-6-8-17(13-16)15-25(2)22(26)20-14-18(11-12-21(20)23)24-29(27,28)19-9-4-3-5-10-19/h3-14,24H,15H2,1-2H3. The Kier molecular flexibility index (Phi) is 6.25. The summed E-state index contributed by atoms with van der Waals surface area (Å²) in [6.45, 7) is 2.40. The highest BCUT2D eigenvalue weighted by Gasteiger charge is 2.19. The van der Waals surface area contributed by atoms with Crippen molar-refractivity contribution >= 4 is 33.2 Å². The van der Waals surface area contributed by atoms with Gasteiger partial charge in [-0.05, 0) is 42.8 Å². The minimum Gasteiger partial charge on any atom is -0.337 e. The number of halogens is 1.